The largest absolute Gasteiger partial charge is 0.467 e. The van der Waals surface area contributed by atoms with Crippen molar-refractivity contribution in [3.8, 4) is 0 Å². The maximum Gasteiger partial charge on any atom is 0.262 e. The third kappa shape index (κ3) is 3.95. The number of amides is 4. The molecule has 0 saturated carbocycles. The number of benzene rings is 1. The zero-order valence-corrected chi connectivity index (χ0v) is 18.5. The van der Waals surface area contributed by atoms with E-state index < -0.39 is 24.3 Å². The van der Waals surface area contributed by atoms with E-state index in [1.165, 1.54) is 11.3 Å². The van der Waals surface area contributed by atoms with Gasteiger partial charge in [0.25, 0.3) is 17.7 Å². The van der Waals surface area contributed by atoms with E-state index in [2.05, 4.69) is 10.6 Å². The number of carbonyl (C=O) groups is 4. The van der Waals surface area contributed by atoms with Crippen molar-refractivity contribution in [2.24, 2.45) is 0 Å². The van der Waals surface area contributed by atoms with E-state index in [1.807, 2.05) is 0 Å². The molecule has 0 radical (unpaired) electrons. The summed E-state index contributed by atoms with van der Waals surface area (Å²) in [5, 5.41) is 6.09. The molecular weight excluding hydrogens is 442 g/mol. The molecule has 2 aliphatic rings. The van der Waals surface area contributed by atoms with E-state index in [9.17, 15) is 19.2 Å². The Morgan fingerprint density at radius 2 is 1.73 bits per heavy atom. The van der Waals surface area contributed by atoms with Crippen LogP contribution in [0.15, 0.2) is 47.1 Å². The van der Waals surface area contributed by atoms with Crippen molar-refractivity contribution in [1.29, 1.82) is 0 Å². The van der Waals surface area contributed by atoms with Gasteiger partial charge in [0.1, 0.15) is 17.3 Å². The van der Waals surface area contributed by atoms with Crippen molar-refractivity contribution in [1.82, 2.24) is 10.2 Å². The molecule has 1 aliphatic carbocycles. The van der Waals surface area contributed by atoms with E-state index in [4.69, 9.17) is 4.42 Å². The number of hydrogen-bond acceptors (Lipinski definition) is 6. The number of fused-ring (bicyclic) bond motifs is 2. The maximum absolute atomic E-state index is 13.1. The monoisotopic (exact) mass is 463 g/mol. The van der Waals surface area contributed by atoms with Crippen LogP contribution in [0.1, 0.15) is 60.1 Å². The van der Waals surface area contributed by atoms with Gasteiger partial charge in [0.2, 0.25) is 5.91 Å². The van der Waals surface area contributed by atoms with Gasteiger partial charge in [-0.2, -0.15) is 0 Å². The van der Waals surface area contributed by atoms with E-state index in [0.717, 1.165) is 41.0 Å². The number of rotatable bonds is 6. The average Bonchev–Trinajstić information content (AvgIpc) is 3.52. The van der Waals surface area contributed by atoms with Crippen LogP contribution in [-0.2, 0) is 24.2 Å². The summed E-state index contributed by atoms with van der Waals surface area (Å²) in [5.74, 6) is -1.17. The summed E-state index contributed by atoms with van der Waals surface area (Å²) < 4.78 is 5.28. The molecule has 3 heterocycles. The molecule has 33 heavy (non-hydrogen) atoms. The molecule has 0 unspecified atom stereocenters. The average molecular weight is 464 g/mol. The normalized spacial score (nSPS) is 14.7. The van der Waals surface area contributed by atoms with Gasteiger partial charge in [-0.15, -0.1) is 11.3 Å². The molecule has 2 aromatic heterocycles. The fraction of sp³-hybridized carbons (Fsp3) is 0.250. The molecule has 1 aliphatic heterocycles. The molecule has 8 nitrogen and oxygen atoms in total. The highest BCUT2D eigenvalue weighted by Crippen LogP contribution is 2.38. The summed E-state index contributed by atoms with van der Waals surface area (Å²) in [4.78, 5) is 53.1. The van der Waals surface area contributed by atoms with E-state index in [0.29, 0.717) is 27.5 Å². The van der Waals surface area contributed by atoms with Crippen LogP contribution in [0.2, 0.25) is 0 Å². The molecular formula is C24H21N3O5S. The minimum Gasteiger partial charge on any atom is -0.467 e. The minimum atomic E-state index is -0.525. The summed E-state index contributed by atoms with van der Waals surface area (Å²) in [6, 6.07) is 10.0. The molecule has 0 spiro atoms. The van der Waals surface area contributed by atoms with Crippen molar-refractivity contribution in [2.45, 2.75) is 32.2 Å². The number of hydrogen-bond donors (Lipinski definition) is 2. The minimum absolute atomic E-state index is 0.235. The van der Waals surface area contributed by atoms with Crippen molar-refractivity contribution < 1.29 is 23.6 Å². The van der Waals surface area contributed by atoms with Gasteiger partial charge in [0.15, 0.2) is 0 Å². The second-order valence-electron chi connectivity index (χ2n) is 7.97. The first kappa shape index (κ1) is 21.1. The first-order valence-electron chi connectivity index (χ1n) is 10.7. The third-order valence-corrected chi connectivity index (χ3v) is 7.04. The zero-order valence-electron chi connectivity index (χ0n) is 17.7. The van der Waals surface area contributed by atoms with Crippen LogP contribution in [0, 0.1) is 0 Å². The summed E-state index contributed by atoms with van der Waals surface area (Å²) in [7, 11) is 0. The molecule has 5 rings (SSSR count). The van der Waals surface area contributed by atoms with Gasteiger partial charge in [-0.25, -0.2) is 0 Å². The van der Waals surface area contributed by atoms with Crippen molar-refractivity contribution in [3.05, 3.63) is 75.6 Å². The second-order valence-corrected chi connectivity index (χ2v) is 9.07. The number of nitrogens with zero attached hydrogens (tertiary/aromatic N) is 1. The van der Waals surface area contributed by atoms with Gasteiger partial charge in [-0.1, -0.05) is 12.1 Å². The van der Waals surface area contributed by atoms with E-state index in [-0.39, 0.29) is 12.5 Å². The van der Waals surface area contributed by atoms with Gasteiger partial charge >= 0.3 is 0 Å². The summed E-state index contributed by atoms with van der Waals surface area (Å²) >= 11 is 1.38. The van der Waals surface area contributed by atoms with Crippen LogP contribution in [-0.4, -0.2) is 35.1 Å². The lowest BCUT2D eigenvalue weighted by Gasteiger charge is -2.14. The molecule has 0 saturated heterocycles. The SMILES string of the molecule is O=C(CN1C(=O)c2ccccc2C1=O)Nc1sc2c(c1C(=O)NCc1ccco1)CCCC2. The summed E-state index contributed by atoms with van der Waals surface area (Å²) in [6.45, 7) is -0.179. The van der Waals surface area contributed by atoms with Gasteiger partial charge in [0, 0.05) is 4.88 Å². The van der Waals surface area contributed by atoms with Crippen molar-refractivity contribution >= 4 is 40.0 Å². The highest BCUT2D eigenvalue weighted by molar-refractivity contribution is 7.17. The number of carbonyl (C=O) groups excluding carboxylic acids is 4. The molecule has 0 fully saturated rings. The fourth-order valence-corrected chi connectivity index (χ4v) is 5.56. The lowest BCUT2D eigenvalue weighted by Crippen LogP contribution is -2.37. The first-order chi connectivity index (χ1) is 16.0. The number of anilines is 1. The maximum atomic E-state index is 13.1. The molecule has 168 valence electrons. The van der Waals surface area contributed by atoms with Crippen LogP contribution in [0.4, 0.5) is 5.00 Å². The Labute approximate surface area is 193 Å². The fourth-order valence-electron chi connectivity index (χ4n) is 4.26. The summed E-state index contributed by atoms with van der Waals surface area (Å²) in [6.07, 6.45) is 5.17. The van der Waals surface area contributed by atoms with Crippen LogP contribution in [0.25, 0.3) is 0 Å². The van der Waals surface area contributed by atoms with Crippen LogP contribution in [0.5, 0.6) is 0 Å². The van der Waals surface area contributed by atoms with E-state index in [1.54, 1.807) is 42.7 Å². The standard InChI is InChI=1S/C24H21N3O5S/c28-19(13-27-23(30)15-7-1-2-8-16(15)24(27)31)26-22-20(17-9-3-4-10-18(17)33-22)21(29)25-12-14-6-5-11-32-14/h1-2,5-8,11H,3-4,9-10,12-13H2,(H,25,29)(H,26,28). The lowest BCUT2D eigenvalue weighted by atomic mass is 9.95. The van der Waals surface area contributed by atoms with Gasteiger partial charge in [-0.05, 0) is 55.5 Å². The Hall–Kier alpha value is -3.72. The second kappa shape index (κ2) is 8.67. The van der Waals surface area contributed by atoms with Crippen molar-refractivity contribution in [2.75, 3.05) is 11.9 Å². The van der Waals surface area contributed by atoms with Crippen molar-refractivity contribution in [3.63, 3.8) is 0 Å². The Balaban J connectivity index is 1.34. The predicted molar refractivity (Wildman–Crippen MR) is 121 cm³/mol. The first-order valence-corrected chi connectivity index (χ1v) is 11.5. The lowest BCUT2D eigenvalue weighted by molar-refractivity contribution is -0.116. The number of thiophene rings is 1. The van der Waals surface area contributed by atoms with Crippen LogP contribution < -0.4 is 10.6 Å². The summed E-state index contributed by atoms with van der Waals surface area (Å²) in [5.41, 5.74) is 2.00. The molecule has 1 aromatic carbocycles. The quantitative estimate of drug-likeness (QED) is 0.545. The van der Waals surface area contributed by atoms with Gasteiger partial charge < -0.3 is 15.1 Å². The topological polar surface area (TPSA) is 109 Å². The molecule has 4 amide bonds. The molecule has 0 bridgehead atoms. The smallest absolute Gasteiger partial charge is 0.262 e. The Morgan fingerprint density at radius 3 is 2.42 bits per heavy atom. The number of imide groups is 1. The third-order valence-electron chi connectivity index (χ3n) is 5.83. The highest BCUT2D eigenvalue weighted by atomic mass is 32.1. The Kier molecular flexibility index (Phi) is 5.55. The number of furan rings is 1. The number of aryl methyl sites for hydroxylation is 1. The zero-order chi connectivity index (χ0) is 22.9. The van der Waals surface area contributed by atoms with Crippen LogP contribution >= 0.6 is 11.3 Å². The van der Waals surface area contributed by atoms with E-state index >= 15 is 0 Å². The molecule has 3 aromatic rings. The molecule has 2 N–H and O–H groups in total. The van der Waals surface area contributed by atoms with Crippen LogP contribution in [0.3, 0.4) is 0 Å². The number of nitrogens with one attached hydrogen (secondary N) is 2. The Bertz CT molecular complexity index is 1230. The van der Waals surface area contributed by atoms with Gasteiger partial charge in [0.05, 0.1) is 29.5 Å². The Morgan fingerprint density at radius 1 is 1.00 bits per heavy atom. The van der Waals surface area contributed by atoms with Gasteiger partial charge in [-0.3, -0.25) is 24.1 Å². The molecule has 9 heteroatoms. The highest BCUT2D eigenvalue weighted by Gasteiger charge is 2.36. The predicted octanol–water partition coefficient (Wildman–Crippen LogP) is 3.38. The molecule has 0 atom stereocenters.